The van der Waals surface area contributed by atoms with Crippen molar-refractivity contribution in [3.8, 4) is 5.75 Å². The minimum atomic E-state index is -0.784. The lowest BCUT2D eigenvalue weighted by Gasteiger charge is -2.16. The average molecular weight is 406 g/mol. The summed E-state index contributed by atoms with van der Waals surface area (Å²) in [6.45, 7) is -0.731. The molecule has 0 fully saturated rings. The highest BCUT2D eigenvalue weighted by Gasteiger charge is 2.39. The van der Waals surface area contributed by atoms with Crippen LogP contribution in [0.5, 0.6) is 5.75 Å². The van der Waals surface area contributed by atoms with E-state index in [2.05, 4.69) is 20.8 Å². The number of carbonyl (C=O) groups is 2. The predicted molar refractivity (Wildman–Crippen MR) is 108 cm³/mol. The Morgan fingerprint density at radius 1 is 1.10 bits per heavy atom. The van der Waals surface area contributed by atoms with Crippen molar-refractivity contribution in [2.45, 2.75) is 12.0 Å². The Kier molecular flexibility index (Phi) is 5.38. The van der Waals surface area contributed by atoms with E-state index >= 15 is 0 Å². The van der Waals surface area contributed by atoms with Crippen molar-refractivity contribution in [3.63, 3.8) is 0 Å². The number of nitrogens with one attached hydrogen (secondary N) is 2. The van der Waals surface area contributed by atoms with Crippen molar-refractivity contribution in [2.24, 2.45) is 0 Å². The summed E-state index contributed by atoms with van der Waals surface area (Å²) in [5, 5.41) is 12.7. The second kappa shape index (κ2) is 8.28. The molecule has 0 saturated carbocycles. The lowest BCUT2D eigenvalue weighted by Crippen LogP contribution is -2.22. The first-order chi connectivity index (χ1) is 14.6. The number of fused-ring (bicyclic) bond motifs is 1. The maximum Gasteiger partial charge on any atom is 0.255 e. The van der Waals surface area contributed by atoms with E-state index in [-0.39, 0.29) is 11.1 Å². The van der Waals surface area contributed by atoms with Crippen molar-refractivity contribution in [2.75, 3.05) is 19.0 Å². The number of alkyl halides is 1. The van der Waals surface area contributed by atoms with Gasteiger partial charge in [0.25, 0.3) is 11.8 Å². The molecule has 3 aromatic rings. The van der Waals surface area contributed by atoms with Crippen LogP contribution in [0, 0.1) is 0 Å². The van der Waals surface area contributed by atoms with Gasteiger partial charge < -0.3 is 15.4 Å². The van der Waals surface area contributed by atoms with Gasteiger partial charge in [-0.2, -0.15) is 10.2 Å². The molecule has 30 heavy (non-hydrogen) atoms. The molecule has 0 radical (unpaired) electrons. The molecule has 2 aromatic carbocycles. The van der Waals surface area contributed by atoms with Gasteiger partial charge in [-0.25, -0.2) is 4.39 Å². The minimum Gasteiger partial charge on any atom is -0.486 e. The number of halogens is 1. The summed E-state index contributed by atoms with van der Waals surface area (Å²) in [6.07, 6.45) is 2.09. The van der Waals surface area contributed by atoms with Crippen LogP contribution in [0.2, 0.25) is 0 Å². The molecule has 0 bridgehead atoms. The van der Waals surface area contributed by atoms with Crippen LogP contribution in [0.1, 0.15) is 37.8 Å². The zero-order chi connectivity index (χ0) is 21.1. The lowest BCUT2D eigenvalue weighted by molar-refractivity contribution is 0.0955. The molecule has 7 nitrogen and oxygen atoms in total. The predicted octanol–water partition coefficient (Wildman–Crippen LogP) is 2.95. The summed E-state index contributed by atoms with van der Waals surface area (Å²) >= 11 is 0. The van der Waals surface area contributed by atoms with Crippen LogP contribution in [-0.2, 0) is 0 Å². The Morgan fingerprint density at radius 2 is 1.90 bits per heavy atom. The number of nitrogens with zero attached hydrogens (tertiary/aromatic N) is 2. The van der Waals surface area contributed by atoms with E-state index in [9.17, 15) is 14.0 Å². The Bertz CT molecular complexity index is 1080. The number of hydrogen-bond acceptors (Lipinski definition) is 5. The molecular formula is C22H19FN4O3. The zero-order valence-corrected chi connectivity index (χ0v) is 16.1. The normalized spacial score (nSPS) is 17.0. The van der Waals surface area contributed by atoms with E-state index in [1.54, 1.807) is 12.1 Å². The molecule has 2 atom stereocenters. The third-order valence-electron chi connectivity index (χ3n) is 4.98. The second-order valence-electron chi connectivity index (χ2n) is 6.81. The summed E-state index contributed by atoms with van der Waals surface area (Å²) in [4.78, 5) is 25.4. The van der Waals surface area contributed by atoms with E-state index in [1.807, 2.05) is 30.3 Å². The van der Waals surface area contributed by atoms with Crippen LogP contribution in [0.4, 0.5) is 10.1 Å². The standard InChI is InChI=1S/C22H19FN4O3/c1-24-22(29)17-10-14(21(28)27-15-7-8-25-26-12-15)9-16-19(13-5-3-2-4-6-13)18(11-23)30-20(16)17/h2-10,12,18-19H,11H2,1H3,(H,24,29)(H,25,27,28)/t18-,19+/m0/s1. The van der Waals surface area contributed by atoms with Crippen molar-refractivity contribution in [3.05, 3.63) is 83.2 Å². The Morgan fingerprint density at radius 3 is 2.57 bits per heavy atom. The van der Waals surface area contributed by atoms with E-state index in [0.29, 0.717) is 17.0 Å². The number of anilines is 1. The Balaban J connectivity index is 1.81. The minimum absolute atomic E-state index is 0.185. The Labute approximate surface area is 172 Å². The topological polar surface area (TPSA) is 93.2 Å². The molecule has 1 aliphatic heterocycles. The van der Waals surface area contributed by atoms with E-state index in [0.717, 1.165) is 5.56 Å². The van der Waals surface area contributed by atoms with Gasteiger partial charge in [0.2, 0.25) is 0 Å². The molecule has 1 aliphatic rings. The fourth-order valence-corrected chi connectivity index (χ4v) is 3.61. The van der Waals surface area contributed by atoms with Crippen molar-refractivity contribution >= 4 is 17.5 Å². The SMILES string of the molecule is CNC(=O)c1cc(C(=O)Nc2ccnnc2)cc2c1O[C@@H](CF)[C@@H]2c1ccccc1. The first kappa shape index (κ1) is 19.5. The average Bonchev–Trinajstić information content (AvgIpc) is 3.17. The fraction of sp³-hybridized carbons (Fsp3) is 0.182. The van der Waals surface area contributed by atoms with Gasteiger partial charge in [-0.15, -0.1) is 0 Å². The maximum atomic E-state index is 13.8. The molecule has 2 N–H and O–H groups in total. The zero-order valence-electron chi connectivity index (χ0n) is 16.1. The van der Waals surface area contributed by atoms with Crippen LogP contribution in [0.3, 0.4) is 0 Å². The highest BCUT2D eigenvalue weighted by molar-refractivity contribution is 6.07. The lowest BCUT2D eigenvalue weighted by atomic mass is 9.86. The van der Waals surface area contributed by atoms with Gasteiger partial charge in [-0.1, -0.05) is 30.3 Å². The first-order valence-electron chi connectivity index (χ1n) is 9.38. The summed E-state index contributed by atoms with van der Waals surface area (Å²) < 4.78 is 19.7. The molecule has 2 heterocycles. The summed E-state index contributed by atoms with van der Waals surface area (Å²) in [7, 11) is 1.49. The smallest absolute Gasteiger partial charge is 0.255 e. The number of amides is 2. The van der Waals surface area contributed by atoms with Crippen LogP contribution in [-0.4, -0.2) is 41.8 Å². The van der Waals surface area contributed by atoms with Gasteiger partial charge in [0, 0.05) is 18.2 Å². The molecule has 4 rings (SSSR count). The largest absolute Gasteiger partial charge is 0.486 e. The van der Waals surface area contributed by atoms with Gasteiger partial charge in [-0.3, -0.25) is 9.59 Å². The van der Waals surface area contributed by atoms with Gasteiger partial charge >= 0.3 is 0 Å². The Hall–Kier alpha value is -3.81. The number of ether oxygens (including phenoxy) is 1. The van der Waals surface area contributed by atoms with Crippen LogP contribution in [0.25, 0.3) is 0 Å². The number of aromatic nitrogens is 2. The molecular weight excluding hydrogens is 387 g/mol. The van der Waals surface area contributed by atoms with Crippen LogP contribution < -0.4 is 15.4 Å². The van der Waals surface area contributed by atoms with E-state index in [4.69, 9.17) is 4.74 Å². The highest BCUT2D eigenvalue weighted by atomic mass is 19.1. The molecule has 0 saturated heterocycles. The number of carbonyl (C=O) groups excluding carboxylic acids is 2. The molecule has 8 heteroatoms. The summed E-state index contributed by atoms with van der Waals surface area (Å²) in [5.74, 6) is -0.984. The maximum absolute atomic E-state index is 13.8. The molecule has 1 aromatic heterocycles. The van der Waals surface area contributed by atoms with Gasteiger partial charge in [0.1, 0.15) is 18.5 Å². The number of hydrogen-bond donors (Lipinski definition) is 2. The van der Waals surface area contributed by atoms with Crippen molar-refractivity contribution in [1.82, 2.24) is 15.5 Å². The third-order valence-corrected chi connectivity index (χ3v) is 4.98. The van der Waals surface area contributed by atoms with E-state index < -0.39 is 30.5 Å². The quantitative estimate of drug-likeness (QED) is 0.680. The van der Waals surface area contributed by atoms with E-state index in [1.165, 1.54) is 25.5 Å². The number of rotatable bonds is 5. The monoisotopic (exact) mass is 406 g/mol. The van der Waals surface area contributed by atoms with Gasteiger partial charge in [0.15, 0.2) is 0 Å². The fourth-order valence-electron chi connectivity index (χ4n) is 3.61. The van der Waals surface area contributed by atoms with Crippen LogP contribution in [0.15, 0.2) is 60.9 Å². The van der Waals surface area contributed by atoms with Crippen LogP contribution >= 0.6 is 0 Å². The molecule has 0 spiro atoms. The second-order valence-corrected chi connectivity index (χ2v) is 6.81. The summed E-state index contributed by atoms with van der Waals surface area (Å²) in [5.41, 5.74) is 2.35. The third kappa shape index (κ3) is 3.59. The molecule has 0 unspecified atom stereocenters. The van der Waals surface area contributed by atoms with Gasteiger partial charge in [-0.05, 0) is 23.8 Å². The van der Waals surface area contributed by atoms with Crippen molar-refractivity contribution in [1.29, 1.82) is 0 Å². The number of benzene rings is 2. The molecule has 152 valence electrons. The highest BCUT2D eigenvalue weighted by Crippen LogP contribution is 2.45. The summed E-state index contributed by atoms with van der Waals surface area (Å²) in [6, 6.07) is 14.0. The first-order valence-corrected chi connectivity index (χ1v) is 9.38. The van der Waals surface area contributed by atoms with Crippen molar-refractivity contribution < 1.29 is 18.7 Å². The van der Waals surface area contributed by atoms with Gasteiger partial charge in [0.05, 0.1) is 29.6 Å². The molecule has 2 amide bonds. The molecule has 0 aliphatic carbocycles.